The van der Waals surface area contributed by atoms with Gasteiger partial charge in [-0.1, -0.05) is 30.3 Å². The first-order valence-electron chi connectivity index (χ1n) is 10.2. The van der Waals surface area contributed by atoms with Gasteiger partial charge >= 0.3 is 0 Å². The van der Waals surface area contributed by atoms with Crippen molar-refractivity contribution < 1.29 is 9.13 Å². The van der Waals surface area contributed by atoms with Gasteiger partial charge in [0, 0.05) is 45.5 Å². The second kappa shape index (κ2) is 13.4. The van der Waals surface area contributed by atoms with Crippen molar-refractivity contribution in [2.24, 2.45) is 4.99 Å². The molecule has 0 radical (unpaired) electrons. The fourth-order valence-corrected chi connectivity index (χ4v) is 3.39. The second-order valence-corrected chi connectivity index (χ2v) is 7.09. The molecular formula is C22H31FIN5O. The van der Waals surface area contributed by atoms with Crippen molar-refractivity contribution in [1.82, 2.24) is 15.6 Å². The van der Waals surface area contributed by atoms with Crippen molar-refractivity contribution in [3.05, 3.63) is 60.0 Å². The maximum Gasteiger partial charge on any atom is 0.191 e. The van der Waals surface area contributed by atoms with Gasteiger partial charge in [-0.3, -0.25) is 4.99 Å². The Morgan fingerprint density at radius 2 is 2.07 bits per heavy atom. The summed E-state index contributed by atoms with van der Waals surface area (Å²) in [6, 6.07) is 13.6. The van der Waals surface area contributed by atoms with Gasteiger partial charge in [-0.25, -0.2) is 9.37 Å². The SMILES string of the molecule is CN=C(NCCCOCCc1ccccc1)NC1CCN(c2ncccc2F)C1.I. The largest absolute Gasteiger partial charge is 0.381 e. The number of benzene rings is 1. The second-order valence-electron chi connectivity index (χ2n) is 7.09. The van der Waals surface area contributed by atoms with E-state index in [4.69, 9.17) is 4.74 Å². The number of aliphatic imine (C=N–C) groups is 1. The van der Waals surface area contributed by atoms with Crippen molar-refractivity contribution in [1.29, 1.82) is 0 Å². The van der Waals surface area contributed by atoms with Crippen LogP contribution in [-0.4, -0.2) is 56.9 Å². The first-order valence-corrected chi connectivity index (χ1v) is 10.2. The van der Waals surface area contributed by atoms with Crippen LogP contribution in [0.2, 0.25) is 0 Å². The van der Waals surface area contributed by atoms with Crippen LogP contribution in [-0.2, 0) is 11.2 Å². The van der Waals surface area contributed by atoms with Crippen LogP contribution in [0.5, 0.6) is 0 Å². The van der Waals surface area contributed by atoms with Gasteiger partial charge in [-0.05, 0) is 37.0 Å². The highest BCUT2D eigenvalue weighted by atomic mass is 127. The Morgan fingerprint density at radius 3 is 2.83 bits per heavy atom. The molecule has 2 aromatic rings. The van der Waals surface area contributed by atoms with E-state index in [1.165, 1.54) is 11.6 Å². The van der Waals surface area contributed by atoms with Crippen molar-refractivity contribution >= 4 is 35.8 Å². The highest BCUT2D eigenvalue weighted by molar-refractivity contribution is 14.0. The van der Waals surface area contributed by atoms with Gasteiger partial charge in [0.05, 0.1) is 6.61 Å². The fraction of sp³-hybridized carbons (Fsp3) is 0.455. The third-order valence-corrected chi connectivity index (χ3v) is 4.93. The number of nitrogens with one attached hydrogen (secondary N) is 2. The number of hydrogen-bond acceptors (Lipinski definition) is 4. The van der Waals surface area contributed by atoms with E-state index in [0.717, 1.165) is 44.9 Å². The van der Waals surface area contributed by atoms with Gasteiger partial charge in [0.25, 0.3) is 0 Å². The van der Waals surface area contributed by atoms with Gasteiger partial charge in [0.1, 0.15) is 0 Å². The third-order valence-electron chi connectivity index (χ3n) is 4.93. The van der Waals surface area contributed by atoms with E-state index in [1.807, 2.05) is 23.1 Å². The molecule has 2 heterocycles. The van der Waals surface area contributed by atoms with E-state index >= 15 is 0 Å². The van der Waals surface area contributed by atoms with Crippen LogP contribution in [0.3, 0.4) is 0 Å². The lowest BCUT2D eigenvalue weighted by molar-refractivity contribution is 0.135. The molecule has 1 aromatic heterocycles. The molecule has 8 heteroatoms. The number of rotatable bonds is 9. The molecule has 0 spiro atoms. The number of pyridine rings is 1. The maximum absolute atomic E-state index is 13.9. The normalized spacial score (nSPS) is 16.3. The molecule has 0 bridgehead atoms. The summed E-state index contributed by atoms with van der Waals surface area (Å²) >= 11 is 0. The van der Waals surface area contributed by atoms with Crippen LogP contribution in [0.25, 0.3) is 0 Å². The Hall–Kier alpha value is -1.94. The Labute approximate surface area is 195 Å². The lowest BCUT2D eigenvalue weighted by atomic mass is 10.2. The van der Waals surface area contributed by atoms with Gasteiger partial charge in [-0.15, -0.1) is 24.0 Å². The smallest absolute Gasteiger partial charge is 0.191 e. The summed E-state index contributed by atoms with van der Waals surface area (Å²) in [6.07, 6.45) is 4.39. The van der Waals surface area contributed by atoms with E-state index in [-0.39, 0.29) is 35.8 Å². The summed E-state index contributed by atoms with van der Waals surface area (Å²) in [6.45, 7) is 3.72. The van der Waals surface area contributed by atoms with Gasteiger partial charge in [0.15, 0.2) is 17.6 Å². The van der Waals surface area contributed by atoms with Crippen LogP contribution in [0.1, 0.15) is 18.4 Å². The summed E-state index contributed by atoms with van der Waals surface area (Å²) in [4.78, 5) is 10.4. The fourth-order valence-electron chi connectivity index (χ4n) is 3.39. The van der Waals surface area contributed by atoms with Crippen LogP contribution in [0.15, 0.2) is 53.7 Å². The summed E-state index contributed by atoms with van der Waals surface area (Å²) < 4.78 is 19.6. The Bertz CT molecular complexity index is 777. The summed E-state index contributed by atoms with van der Waals surface area (Å²) in [5.74, 6) is 0.915. The summed E-state index contributed by atoms with van der Waals surface area (Å²) in [7, 11) is 1.76. The number of ether oxygens (including phenoxy) is 1. The zero-order valence-corrected chi connectivity index (χ0v) is 19.7. The summed E-state index contributed by atoms with van der Waals surface area (Å²) in [5.41, 5.74) is 1.30. The minimum absolute atomic E-state index is 0. The molecule has 164 valence electrons. The zero-order valence-electron chi connectivity index (χ0n) is 17.4. The number of aromatic nitrogens is 1. The number of guanidine groups is 1. The Kier molecular flexibility index (Phi) is 10.9. The minimum atomic E-state index is -0.275. The number of halogens is 2. The van der Waals surface area contributed by atoms with Crippen LogP contribution in [0, 0.1) is 5.82 Å². The Balaban J connectivity index is 0.00000320. The van der Waals surface area contributed by atoms with Crippen LogP contribution < -0.4 is 15.5 Å². The topological polar surface area (TPSA) is 61.8 Å². The van der Waals surface area contributed by atoms with Crippen molar-refractivity contribution in [2.45, 2.75) is 25.3 Å². The van der Waals surface area contributed by atoms with E-state index in [0.29, 0.717) is 19.0 Å². The van der Waals surface area contributed by atoms with Crippen LogP contribution in [0.4, 0.5) is 10.2 Å². The highest BCUT2D eigenvalue weighted by Crippen LogP contribution is 2.20. The monoisotopic (exact) mass is 527 g/mol. The molecule has 1 aromatic carbocycles. The molecular weight excluding hydrogens is 496 g/mol. The lowest BCUT2D eigenvalue weighted by Gasteiger charge is -2.20. The predicted octanol–water partition coefficient (Wildman–Crippen LogP) is 3.23. The van der Waals surface area contributed by atoms with Crippen molar-refractivity contribution in [3.63, 3.8) is 0 Å². The molecule has 0 saturated carbocycles. The third kappa shape index (κ3) is 7.71. The lowest BCUT2D eigenvalue weighted by Crippen LogP contribution is -2.45. The van der Waals surface area contributed by atoms with E-state index in [2.05, 4.69) is 32.7 Å². The van der Waals surface area contributed by atoms with Crippen LogP contribution >= 0.6 is 24.0 Å². The zero-order chi connectivity index (χ0) is 20.3. The number of nitrogens with zero attached hydrogens (tertiary/aromatic N) is 3. The molecule has 1 fully saturated rings. The molecule has 1 saturated heterocycles. The average Bonchev–Trinajstić information content (AvgIpc) is 3.21. The number of hydrogen-bond donors (Lipinski definition) is 2. The van der Waals surface area contributed by atoms with Gasteiger partial charge < -0.3 is 20.3 Å². The van der Waals surface area contributed by atoms with E-state index in [1.54, 1.807) is 19.3 Å². The molecule has 2 N–H and O–H groups in total. The number of anilines is 1. The summed E-state index contributed by atoms with van der Waals surface area (Å²) in [5, 5.41) is 6.74. The molecule has 1 aliphatic rings. The molecule has 1 aliphatic heterocycles. The molecule has 0 amide bonds. The Morgan fingerprint density at radius 1 is 1.23 bits per heavy atom. The first-order chi connectivity index (χ1) is 14.3. The molecule has 6 nitrogen and oxygen atoms in total. The molecule has 1 unspecified atom stereocenters. The van der Waals surface area contributed by atoms with Gasteiger partial charge in [0.2, 0.25) is 0 Å². The maximum atomic E-state index is 13.9. The molecule has 1 atom stereocenters. The minimum Gasteiger partial charge on any atom is -0.381 e. The quantitative estimate of drug-likeness (QED) is 0.227. The molecule has 30 heavy (non-hydrogen) atoms. The first kappa shape index (κ1) is 24.3. The van der Waals surface area contributed by atoms with E-state index < -0.39 is 0 Å². The molecule has 0 aliphatic carbocycles. The predicted molar refractivity (Wildman–Crippen MR) is 130 cm³/mol. The van der Waals surface area contributed by atoms with E-state index in [9.17, 15) is 4.39 Å². The van der Waals surface area contributed by atoms with Crippen molar-refractivity contribution in [2.75, 3.05) is 44.8 Å². The molecule has 3 rings (SSSR count). The average molecular weight is 527 g/mol. The van der Waals surface area contributed by atoms with Crippen molar-refractivity contribution in [3.8, 4) is 0 Å². The highest BCUT2D eigenvalue weighted by Gasteiger charge is 2.25. The van der Waals surface area contributed by atoms with Gasteiger partial charge in [-0.2, -0.15) is 0 Å². The standard InChI is InChI=1S/C22H30FN5O.HI/c1-24-22(26-13-6-15-29-16-11-18-7-3-2-4-8-18)27-19-10-14-28(17-19)21-20(23)9-5-12-25-21;/h2-5,7-9,12,19H,6,10-11,13-17H2,1H3,(H2,24,26,27);1H.